The third-order valence-electron chi connectivity index (χ3n) is 4.01. The van der Waals surface area contributed by atoms with Gasteiger partial charge < -0.3 is 5.32 Å². The van der Waals surface area contributed by atoms with Crippen molar-refractivity contribution in [2.45, 2.75) is 19.3 Å². The van der Waals surface area contributed by atoms with Gasteiger partial charge in [0, 0.05) is 29.5 Å². The van der Waals surface area contributed by atoms with Gasteiger partial charge in [0.25, 0.3) is 0 Å². The molecule has 3 heterocycles. The highest BCUT2D eigenvalue weighted by Crippen LogP contribution is 2.33. The molecule has 1 aliphatic rings. The van der Waals surface area contributed by atoms with Crippen LogP contribution in [0.4, 0.5) is 5.82 Å². The first kappa shape index (κ1) is 14.2. The molecule has 3 aromatic rings. The summed E-state index contributed by atoms with van der Waals surface area (Å²) in [6.07, 6.45) is 8.42. The van der Waals surface area contributed by atoms with Crippen molar-refractivity contribution in [3.8, 4) is 17.1 Å². The summed E-state index contributed by atoms with van der Waals surface area (Å²) < 4.78 is 1.95. The van der Waals surface area contributed by atoms with Crippen molar-refractivity contribution in [3.05, 3.63) is 53.4 Å². The number of nitrogens with zero attached hydrogens (tertiary/aromatic N) is 4. The zero-order valence-electron chi connectivity index (χ0n) is 12.5. The van der Waals surface area contributed by atoms with E-state index in [9.17, 15) is 0 Å². The highest BCUT2D eigenvalue weighted by atomic mass is 35.5. The molecule has 0 saturated heterocycles. The minimum absolute atomic E-state index is 0.717. The zero-order chi connectivity index (χ0) is 15.6. The highest BCUT2D eigenvalue weighted by Gasteiger charge is 2.22. The molecule has 0 fully saturated rings. The van der Waals surface area contributed by atoms with Crippen molar-refractivity contribution in [3.63, 3.8) is 0 Å². The molecular formula is C17H16ClN5. The number of hydrogen-bond acceptors (Lipinski definition) is 4. The highest BCUT2D eigenvalue weighted by molar-refractivity contribution is 6.30. The Bertz CT molecular complexity index is 811. The number of benzene rings is 1. The Morgan fingerprint density at radius 3 is 2.74 bits per heavy atom. The number of halogens is 1. The average molecular weight is 326 g/mol. The normalized spacial score (nSPS) is 14.0. The maximum Gasteiger partial charge on any atom is 0.133 e. The standard InChI is InChI=1S/C17H16ClN5/c18-12-4-6-13(7-5-12)23-17-14(3-1-2-8-21-17)16(22-23)15-11-19-9-10-20-15/h4-7,9-11,21H,1-3,8H2. The molecule has 0 atom stereocenters. The van der Waals surface area contributed by atoms with Gasteiger partial charge in [0.15, 0.2) is 0 Å². The molecule has 23 heavy (non-hydrogen) atoms. The van der Waals surface area contributed by atoms with Gasteiger partial charge >= 0.3 is 0 Å². The second kappa shape index (κ2) is 6.01. The number of aromatic nitrogens is 4. The molecule has 6 heteroatoms. The van der Waals surface area contributed by atoms with Crippen LogP contribution in [-0.4, -0.2) is 26.3 Å². The van der Waals surface area contributed by atoms with E-state index in [-0.39, 0.29) is 0 Å². The Balaban J connectivity index is 1.89. The summed E-state index contributed by atoms with van der Waals surface area (Å²) in [4.78, 5) is 8.60. The Kier molecular flexibility index (Phi) is 3.71. The fraction of sp³-hybridized carbons (Fsp3) is 0.235. The average Bonchev–Trinajstić information content (AvgIpc) is 2.78. The van der Waals surface area contributed by atoms with E-state index in [2.05, 4.69) is 15.3 Å². The van der Waals surface area contributed by atoms with Gasteiger partial charge in [0.05, 0.1) is 11.9 Å². The van der Waals surface area contributed by atoms with Crippen molar-refractivity contribution in [1.29, 1.82) is 0 Å². The Morgan fingerprint density at radius 1 is 1.09 bits per heavy atom. The van der Waals surface area contributed by atoms with Gasteiger partial charge in [-0.2, -0.15) is 5.10 Å². The predicted molar refractivity (Wildman–Crippen MR) is 91.0 cm³/mol. The van der Waals surface area contributed by atoms with Crippen molar-refractivity contribution >= 4 is 17.4 Å². The molecular weight excluding hydrogens is 310 g/mol. The first-order valence-electron chi connectivity index (χ1n) is 7.71. The third kappa shape index (κ3) is 2.68. The van der Waals surface area contributed by atoms with Crippen molar-refractivity contribution in [2.75, 3.05) is 11.9 Å². The van der Waals surface area contributed by atoms with Gasteiger partial charge in [-0.3, -0.25) is 9.97 Å². The van der Waals surface area contributed by atoms with E-state index in [1.165, 1.54) is 5.56 Å². The molecule has 0 aliphatic carbocycles. The molecule has 0 bridgehead atoms. The van der Waals surface area contributed by atoms with Crippen LogP contribution in [0.25, 0.3) is 17.1 Å². The van der Waals surface area contributed by atoms with Crippen LogP contribution in [0.2, 0.25) is 5.02 Å². The first-order chi connectivity index (χ1) is 11.3. The third-order valence-corrected chi connectivity index (χ3v) is 4.26. The number of hydrogen-bond donors (Lipinski definition) is 1. The summed E-state index contributed by atoms with van der Waals surface area (Å²) in [5, 5.41) is 9.05. The van der Waals surface area contributed by atoms with E-state index in [4.69, 9.17) is 16.7 Å². The smallest absolute Gasteiger partial charge is 0.133 e. The Morgan fingerprint density at radius 2 is 1.96 bits per heavy atom. The molecule has 1 aromatic carbocycles. The van der Waals surface area contributed by atoms with Crippen molar-refractivity contribution in [1.82, 2.24) is 19.7 Å². The van der Waals surface area contributed by atoms with Gasteiger partial charge in [-0.15, -0.1) is 0 Å². The van der Waals surface area contributed by atoms with E-state index >= 15 is 0 Å². The predicted octanol–water partition coefficient (Wildman–Crippen LogP) is 3.73. The van der Waals surface area contributed by atoms with Crippen LogP contribution in [0.15, 0.2) is 42.9 Å². The molecule has 116 valence electrons. The van der Waals surface area contributed by atoms with Crippen LogP contribution >= 0.6 is 11.6 Å². The maximum absolute atomic E-state index is 6.01. The van der Waals surface area contributed by atoms with E-state index in [0.29, 0.717) is 5.02 Å². The first-order valence-corrected chi connectivity index (χ1v) is 8.09. The monoisotopic (exact) mass is 325 g/mol. The molecule has 1 N–H and O–H groups in total. The van der Waals surface area contributed by atoms with Crippen molar-refractivity contribution < 1.29 is 0 Å². The molecule has 0 saturated carbocycles. The van der Waals surface area contributed by atoms with E-state index in [0.717, 1.165) is 48.7 Å². The number of anilines is 1. The van der Waals surface area contributed by atoms with Crippen molar-refractivity contribution in [2.24, 2.45) is 0 Å². The van der Waals surface area contributed by atoms with Crippen LogP contribution in [-0.2, 0) is 6.42 Å². The van der Waals surface area contributed by atoms with Gasteiger partial charge in [0.2, 0.25) is 0 Å². The van der Waals surface area contributed by atoms with Crippen LogP contribution in [0.3, 0.4) is 0 Å². The maximum atomic E-state index is 6.01. The molecule has 0 unspecified atom stereocenters. The second-order valence-electron chi connectivity index (χ2n) is 5.54. The Labute approximate surface area is 139 Å². The van der Waals surface area contributed by atoms with Crippen LogP contribution in [0.5, 0.6) is 0 Å². The minimum atomic E-state index is 0.717. The summed E-state index contributed by atoms with van der Waals surface area (Å²) in [6.45, 7) is 0.951. The zero-order valence-corrected chi connectivity index (χ0v) is 13.3. The molecule has 0 radical (unpaired) electrons. The topological polar surface area (TPSA) is 55.6 Å². The summed E-state index contributed by atoms with van der Waals surface area (Å²) in [7, 11) is 0. The molecule has 1 aliphatic heterocycles. The molecule has 5 nitrogen and oxygen atoms in total. The van der Waals surface area contributed by atoms with Gasteiger partial charge in [-0.25, -0.2) is 4.68 Å². The number of fused-ring (bicyclic) bond motifs is 1. The SMILES string of the molecule is Clc1ccc(-n2nc(-c3cnccn3)c3c2NCCCC3)cc1. The largest absolute Gasteiger partial charge is 0.370 e. The lowest BCUT2D eigenvalue weighted by Crippen LogP contribution is -2.07. The number of rotatable bonds is 2. The Hall–Kier alpha value is -2.40. The van der Waals surface area contributed by atoms with E-state index < -0.39 is 0 Å². The molecule has 2 aromatic heterocycles. The fourth-order valence-corrected chi connectivity index (χ4v) is 3.02. The number of nitrogens with one attached hydrogen (secondary N) is 1. The summed E-state index contributed by atoms with van der Waals surface area (Å²) >= 11 is 6.01. The molecule has 0 spiro atoms. The minimum Gasteiger partial charge on any atom is -0.370 e. The van der Waals surface area contributed by atoms with E-state index in [1.807, 2.05) is 28.9 Å². The second-order valence-corrected chi connectivity index (χ2v) is 5.97. The quantitative estimate of drug-likeness (QED) is 0.780. The van der Waals surface area contributed by atoms with Gasteiger partial charge in [0.1, 0.15) is 17.2 Å². The van der Waals surface area contributed by atoms with Gasteiger partial charge in [-0.05, 0) is 43.5 Å². The lowest BCUT2D eigenvalue weighted by molar-refractivity contribution is 0.779. The molecule has 4 rings (SSSR count). The van der Waals surface area contributed by atoms with Crippen LogP contribution in [0.1, 0.15) is 18.4 Å². The molecule has 0 amide bonds. The van der Waals surface area contributed by atoms with Crippen LogP contribution < -0.4 is 5.32 Å². The lowest BCUT2D eigenvalue weighted by Gasteiger charge is -2.09. The fourth-order valence-electron chi connectivity index (χ4n) is 2.90. The summed E-state index contributed by atoms with van der Waals surface area (Å²) in [5.74, 6) is 1.05. The lowest BCUT2D eigenvalue weighted by atomic mass is 10.1. The summed E-state index contributed by atoms with van der Waals surface area (Å²) in [6, 6.07) is 7.71. The van der Waals surface area contributed by atoms with Crippen LogP contribution in [0, 0.1) is 0 Å². The summed E-state index contributed by atoms with van der Waals surface area (Å²) in [5.41, 5.74) is 3.89. The van der Waals surface area contributed by atoms with E-state index in [1.54, 1.807) is 18.6 Å². The van der Waals surface area contributed by atoms with Gasteiger partial charge in [-0.1, -0.05) is 11.6 Å².